The molecule has 1 N–H and O–H groups in total. The first-order chi connectivity index (χ1) is 7.89. The second kappa shape index (κ2) is 4.68. The molecule has 0 aromatic heterocycles. The van der Waals surface area contributed by atoms with E-state index in [-0.39, 0.29) is 11.4 Å². The zero-order chi connectivity index (χ0) is 12.6. The number of hydrogen-bond donors (Lipinski definition) is 1. The van der Waals surface area contributed by atoms with Crippen molar-refractivity contribution in [2.45, 2.75) is 24.3 Å². The minimum Gasteiger partial charge on any atom is -0.392 e. The third-order valence-corrected chi connectivity index (χ3v) is 5.08. The van der Waals surface area contributed by atoms with Crippen LogP contribution in [0.15, 0.2) is 27.6 Å². The van der Waals surface area contributed by atoms with Gasteiger partial charge in [-0.05, 0) is 37.1 Å². The largest absolute Gasteiger partial charge is 0.392 e. The minimum atomic E-state index is -3.47. The molecule has 4 nitrogen and oxygen atoms in total. The lowest BCUT2D eigenvalue weighted by Gasteiger charge is -2.16. The molecule has 1 atom stereocenters. The van der Waals surface area contributed by atoms with Crippen LogP contribution in [-0.4, -0.2) is 37.0 Å². The highest BCUT2D eigenvalue weighted by atomic mass is 79.9. The molecule has 0 saturated carbocycles. The molecule has 94 valence electrons. The second-order valence-electron chi connectivity index (χ2n) is 4.27. The van der Waals surface area contributed by atoms with Crippen molar-refractivity contribution in [1.82, 2.24) is 4.31 Å². The standard InChI is InChI=1S/C11H14BrNO3S/c1-8-4-9(12)6-11(5-8)17(15,16)13-3-2-10(14)7-13/h4-6,10,14H,2-3,7H2,1H3/t10-/m1/s1. The van der Waals surface area contributed by atoms with Crippen LogP contribution < -0.4 is 0 Å². The molecule has 1 aromatic rings. The summed E-state index contributed by atoms with van der Waals surface area (Å²) in [4.78, 5) is 0.276. The lowest BCUT2D eigenvalue weighted by Crippen LogP contribution is -2.29. The number of hydrogen-bond acceptors (Lipinski definition) is 3. The van der Waals surface area contributed by atoms with E-state index in [1.165, 1.54) is 4.31 Å². The second-order valence-corrected chi connectivity index (χ2v) is 7.12. The number of rotatable bonds is 2. The number of sulfonamides is 1. The predicted octanol–water partition coefficient (Wildman–Crippen LogP) is 1.51. The summed E-state index contributed by atoms with van der Waals surface area (Å²) in [6.07, 6.45) is -0.0373. The molecule has 1 fully saturated rings. The average molecular weight is 320 g/mol. The minimum absolute atomic E-state index is 0.188. The summed E-state index contributed by atoms with van der Waals surface area (Å²) < 4.78 is 26.6. The van der Waals surface area contributed by atoms with E-state index in [0.29, 0.717) is 13.0 Å². The molecule has 0 radical (unpaired) electrons. The van der Waals surface area contributed by atoms with Crippen LogP contribution in [-0.2, 0) is 10.0 Å². The van der Waals surface area contributed by atoms with E-state index in [1.54, 1.807) is 12.1 Å². The van der Waals surface area contributed by atoms with E-state index < -0.39 is 16.1 Å². The van der Waals surface area contributed by atoms with Crippen molar-refractivity contribution in [3.63, 3.8) is 0 Å². The summed E-state index contributed by atoms with van der Waals surface area (Å²) in [5, 5.41) is 9.40. The van der Waals surface area contributed by atoms with Gasteiger partial charge in [-0.1, -0.05) is 15.9 Å². The van der Waals surface area contributed by atoms with Crippen molar-refractivity contribution < 1.29 is 13.5 Å². The first kappa shape index (κ1) is 13.0. The number of nitrogens with zero attached hydrogens (tertiary/aromatic N) is 1. The molecule has 0 unspecified atom stereocenters. The van der Waals surface area contributed by atoms with E-state index in [0.717, 1.165) is 10.0 Å². The monoisotopic (exact) mass is 319 g/mol. The average Bonchev–Trinajstić information content (AvgIpc) is 2.64. The van der Waals surface area contributed by atoms with Gasteiger partial charge < -0.3 is 5.11 Å². The quantitative estimate of drug-likeness (QED) is 0.899. The van der Waals surface area contributed by atoms with E-state index in [4.69, 9.17) is 0 Å². The van der Waals surface area contributed by atoms with Crippen molar-refractivity contribution in [1.29, 1.82) is 0 Å². The maximum atomic E-state index is 12.3. The Hall–Kier alpha value is -0.430. The molecular weight excluding hydrogens is 306 g/mol. The Kier molecular flexibility index (Phi) is 3.58. The highest BCUT2D eigenvalue weighted by Gasteiger charge is 2.31. The van der Waals surface area contributed by atoms with Crippen LogP contribution in [0, 0.1) is 6.92 Å². The van der Waals surface area contributed by atoms with Crippen molar-refractivity contribution in [2.24, 2.45) is 0 Å². The molecule has 1 aliphatic heterocycles. The first-order valence-corrected chi connectivity index (χ1v) is 7.58. The van der Waals surface area contributed by atoms with Gasteiger partial charge in [-0.3, -0.25) is 0 Å². The fourth-order valence-electron chi connectivity index (χ4n) is 1.93. The van der Waals surface area contributed by atoms with Gasteiger partial charge in [0, 0.05) is 17.6 Å². The smallest absolute Gasteiger partial charge is 0.243 e. The van der Waals surface area contributed by atoms with Crippen molar-refractivity contribution in [3.05, 3.63) is 28.2 Å². The fourth-order valence-corrected chi connectivity index (χ4v) is 4.31. The summed E-state index contributed by atoms with van der Waals surface area (Å²) in [6.45, 7) is 2.42. The molecule has 0 amide bonds. The number of aryl methyl sites for hydroxylation is 1. The third-order valence-electron chi connectivity index (χ3n) is 2.78. The highest BCUT2D eigenvalue weighted by Crippen LogP contribution is 2.24. The highest BCUT2D eigenvalue weighted by molar-refractivity contribution is 9.10. The Morgan fingerprint density at radius 3 is 2.65 bits per heavy atom. The maximum absolute atomic E-state index is 12.3. The summed E-state index contributed by atoms with van der Waals surface area (Å²) in [6, 6.07) is 5.09. The van der Waals surface area contributed by atoms with Crippen LogP contribution in [0.25, 0.3) is 0 Å². The summed E-state index contributed by atoms with van der Waals surface area (Å²) in [5.41, 5.74) is 0.887. The van der Waals surface area contributed by atoms with E-state index in [9.17, 15) is 13.5 Å². The molecular formula is C11H14BrNO3S. The molecule has 17 heavy (non-hydrogen) atoms. The predicted molar refractivity (Wildman–Crippen MR) is 68.3 cm³/mol. The van der Waals surface area contributed by atoms with Gasteiger partial charge in [-0.25, -0.2) is 8.42 Å². The number of β-amino-alcohol motifs (C(OH)–C–C–N with tert-alkyl or cyclic N) is 1. The van der Waals surface area contributed by atoms with Gasteiger partial charge in [0.25, 0.3) is 0 Å². The molecule has 1 heterocycles. The van der Waals surface area contributed by atoms with Gasteiger partial charge in [0.05, 0.1) is 11.0 Å². The van der Waals surface area contributed by atoms with Gasteiger partial charge in [-0.15, -0.1) is 0 Å². The van der Waals surface area contributed by atoms with E-state index in [2.05, 4.69) is 15.9 Å². The van der Waals surface area contributed by atoms with Gasteiger partial charge in [-0.2, -0.15) is 4.31 Å². The van der Waals surface area contributed by atoms with Crippen LogP contribution in [0.2, 0.25) is 0 Å². The van der Waals surface area contributed by atoms with Crippen molar-refractivity contribution >= 4 is 26.0 Å². The topological polar surface area (TPSA) is 57.6 Å². The van der Waals surface area contributed by atoms with Gasteiger partial charge in [0.15, 0.2) is 0 Å². The van der Waals surface area contributed by atoms with Crippen LogP contribution in [0.4, 0.5) is 0 Å². The molecule has 1 aliphatic rings. The maximum Gasteiger partial charge on any atom is 0.243 e. The zero-order valence-electron chi connectivity index (χ0n) is 9.43. The van der Waals surface area contributed by atoms with E-state index >= 15 is 0 Å². The van der Waals surface area contributed by atoms with Gasteiger partial charge >= 0.3 is 0 Å². The number of halogens is 1. The summed E-state index contributed by atoms with van der Waals surface area (Å²) >= 11 is 3.29. The molecule has 0 aliphatic carbocycles. The summed E-state index contributed by atoms with van der Waals surface area (Å²) in [7, 11) is -3.47. The van der Waals surface area contributed by atoms with Gasteiger partial charge in [0.2, 0.25) is 10.0 Å². The van der Waals surface area contributed by atoms with Crippen LogP contribution in [0.1, 0.15) is 12.0 Å². The Balaban J connectivity index is 2.38. The number of aliphatic hydroxyl groups excluding tert-OH is 1. The molecule has 0 spiro atoms. The molecule has 1 saturated heterocycles. The molecule has 1 aromatic carbocycles. The molecule has 6 heteroatoms. The number of benzene rings is 1. The Bertz CT molecular complexity index is 509. The number of aliphatic hydroxyl groups is 1. The molecule has 0 bridgehead atoms. The first-order valence-electron chi connectivity index (χ1n) is 5.35. The lowest BCUT2D eigenvalue weighted by molar-refractivity contribution is 0.189. The molecule has 2 rings (SSSR count). The van der Waals surface area contributed by atoms with Crippen molar-refractivity contribution in [3.8, 4) is 0 Å². The SMILES string of the molecule is Cc1cc(Br)cc(S(=O)(=O)N2CC[C@@H](O)C2)c1. The third kappa shape index (κ3) is 2.70. The van der Waals surface area contributed by atoms with E-state index in [1.807, 2.05) is 13.0 Å². The summed E-state index contributed by atoms with van der Waals surface area (Å²) in [5.74, 6) is 0. The normalized spacial score (nSPS) is 21.9. The lowest BCUT2D eigenvalue weighted by atomic mass is 10.2. The van der Waals surface area contributed by atoms with Crippen molar-refractivity contribution in [2.75, 3.05) is 13.1 Å². The van der Waals surface area contributed by atoms with Crippen LogP contribution >= 0.6 is 15.9 Å². The Labute approximate surface area is 109 Å². The van der Waals surface area contributed by atoms with Crippen LogP contribution in [0.3, 0.4) is 0 Å². The Morgan fingerprint density at radius 1 is 1.41 bits per heavy atom. The van der Waals surface area contributed by atoms with Crippen LogP contribution in [0.5, 0.6) is 0 Å². The Morgan fingerprint density at radius 2 is 2.12 bits per heavy atom. The fraction of sp³-hybridized carbons (Fsp3) is 0.455. The van der Waals surface area contributed by atoms with Gasteiger partial charge in [0.1, 0.15) is 0 Å². The zero-order valence-corrected chi connectivity index (χ0v) is 11.8.